The van der Waals surface area contributed by atoms with E-state index in [1.165, 1.54) is 16.8 Å². The molecule has 0 fully saturated rings. The van der Waals surface area contributed by atoms with Crippen LogP contribution in [0.2, 0.25) is 0 Å². The molecule has 0 atom stereocenters. The van der Waals surface area contributed by atoms with Crippen molar-refractivity contribution in [3.05, 3.63) is 46.8 Å². The molecule has 1 aliphatic rings. The van der Waals surface area contributed by atoms with Crippen molar-refractivity contribution in [2.45, 2.75) is 19.3 Å². The molecular weight excluding hydrogens is 252 g/mol. The van der Waals surface area contributed by atoms with Gasteiger partial charge < -0.3 is 5.73 Å². The van der Waals surface area contributed by atoms with Gasteiger partial charge in [0.2, 0.25) is 0 Å². The van der Waals surface area contributed by atoms with Gasteiger partial charge in [0.05, 0.1) is 5.69 Å². The van der Waals surface area contributed by atoms with Crippen LogP contribution in [0.15, 0.2) is 18.2 Å². The molecule has 0 spiro atoms. The average Bonchev–Trinajstić information content (AvgIpc) is 2.86. The molecule has 0 saturated heterocycles. The van der Waals surface area contributed by atoms with Crippen molar-refractivity contribution in [3.63, 3.8) is 0 Å². The summed E-state index contributed by atoms with van der Waals surface area (Å²) < 4.78 is 27.9. The quantitative estimate of drug-likeness (QED) is 0.897. The molecule has 1 aromatic carbocycles. The van der Waals surface area contributed by atoms with Crippen molar-refractivity contribution in [1.82, 2.24) is 9.78 Å². The Morgan fingerprint density at radius 1 is 1.21 bits per heavy atom. The fourth-order valence-electron chi connectivity index (χ4n) is 2.51. The van der Waals surface area contributed by atoms with E-state index >= 15 is 0 Å². The van der Waals surface area contributed by atoms with Crippen molar-refractivity contribution < 1.29 is 13.6 Å². The van der Waals surface area contributed by atoms with Crippen molar-refractivity contribution in [2.24, 2.45) is 5.73 Å². The number of carbonyl (C=O) groups excluding carboxylic acids is 1. The summed E-state index contributed by atoms with van der Waals surface area (Å²) in [6.07, 6.45) is 2.31. The Kier molecular flexibility index (Phi) is 2.58. The Morgan fingerprint density at radius 2 is 1.89 bits per heavy atom. The molecule has 1 aliphatic carbocycles. The first kappa shape index (κ1) is 11.8. The second-order valence-corrected chi connectivity index (χ2v) is 4.53. The maximum absolute atomic E-state index is 13.3. The van der Waals surface area contributed by atoms with E-state index in [2.05, 4.69) is 5.10 Å². The minimum atomic E-state index is -0.683. The molecule has 2 N–H and O–H groups in total. The lowest BCUT2D eigenvalue weighted by molar-refractivity contribution is 0.0994. The predicted molar refractivity (Wildman–Crippen MR) is 64.0 cm³/mol. The van der Waals surface area contributed by atoms with Gasteiger partial charge in [0.15, 0.2) is 5.69 Å². The number of hydrogen-bond donors (Lipinski definition) is 1. The van der Waals surface area contributed by atoms with Crippen LogP contribution in [0.4, 0.5) is 8.78 Å². The molecule has 0 saturated carbocycles. The monoisotopic (exact) mass is 263 g/mol. The van der Waals surface area contributed by atoms with Crippen molar-refractivity contribution in [1.29, 1.82) is 0 Å². The number of halogens is 2. The molecular formula is C13H11F2N3O. The summed E-state index contributed by atoms with van der Waals surface area (Å²) in [4.78, 5) is 11.3. The van der Waals surface area contributed by atoms with Crippen molar-refractivity contribution in [3.8, 4) is 5.69 Å². The van der Waals surface area contributed by atoms with Gasteiger partial charge in [-0.3, -0.25) is 4.79 Å². The topological polar surface area (TPSA) is 60.9 Å². The molecule has 6 heteroatoms. The third-order valence-corrected chi connectivity index (χ3v) is 3.26. The van der Waals surface area contributed by atoms with Crippen LogP contribution in [-0.4, -0.2) is 15.7 Å². The van der Waals surface area contributed by atoms with E-state index < -0.39 is 17.5 Å². The van der Waals surface area contributed by atoms with E-state index in [0.717, 1.165) is 23.7 Å². The number of primary amides is 1. The minimum Gasteiger partial charge on any atom is -0.364 e. The lowest BCUT2D eigenvalue weighted by Gasteiger charge is -2.05. The van der Waals surface area contributed by atoms with Gasteiger partial charge in [-0.25, -0.2) is 13.5 Å². The summed E-state index contributed by atoms with van der Waals surface area (Å²) in [6.45, 7) is 0. The Hall–Kier alpha value is -2.24. The number of rotatable bonds is 2. The first-order valence-electron chi connectivity index (χ1n) is 5.93. The van der Waals surface area contributed by atoms with Crippen molar-refractivity contribution in [2.75, 3.05) is 0 Å². The van der Waals surface area contributed by atoms with Gasteiger partial charge in [0, 0.05) is 17.3 Å². The number of carbonyl (C=O) groups is 1. The highest BCUT2D eigenvalue weighted by molar-refractivity contribution is 5.92. The predicted octanol–water partition coefficient (Wildman–Crippen LogP) is 1.74. The zero-order valence-electron chi connectivity index (χ0n) is 9.99. The Labute approximate surface area is 107 Å². The van der Waals surface area contributed by atoms with Crippen LogP contribution in [0.5, 0.6) is 0 Å². The molecule has 19 heavy (non-hydrogen) atoms. The third-order valence-electron chi connectivity index (χ3n) is 3.26. The summed E-state index contributed by atoms with van der Waals surface area (Å²) in [6, 6.07) is 3.15. The van der Waals surface area contributed by atoms with E-state index in [0.29, 0.717) is 12.8 Å². The van der Waals surface area contributed by atoms with Gasteiger partial charge >= 0.3 is 0 Å². The molecule has 0 radical (unpaired) electrons. The lowest BCUT2D eigenvalue weighted by atomic mass is 10.2. The van der Waals surface area contributed by atoms with Crippen molar-refractivity contribution >= 4 is 5.91 Å². The van der Waals surface area contributed by atoms with Gasteiger partial charge in [-0.05, 0) is 31.4 Å². The summed E-state index contributed by atoms with van der Waals surface area (Å²) in [5.41, 5.74) is 7.33. The highest BCUT2D eigenvalue weighted by Gasteiger charge is 2.25. The number of aromatic nitrogens is 2. The summed E-state index contributed by atoms with van der Waals surface area (Å²) in [5.74, 6) is -1.98. The number of hydrogen-bond acceptors (Lipinski definition) is 2. The van der Waals surface area contributed by atoms with Crippen LogP contribution in [0, 0.1) is 11.6 Å². The average molecular weight is 263 g/mol. The van der Waals surface area contributed by atoms with Gasteiger partial charge in [-0.15, -0.1) is 0 Å². The summed E-state index contributed by atoms with van der Waals surface area (Å²) in [5, 5.41) is 4.09. The molecule has 0 bridgehead atoms. The highest BCUT2D eigenvalue weighted by atomic mass is 19.1. The number of nitrogens with zero attached hydrogens (tertiary/aromatic N) is 2. The molecule has 0 unspecified atom stereocenters. The van der Waals surface area contributed by atoms with E-state index in [1.54, 1.807) is 0 Å². The minimum absolute atomic E-state index is 0.192. The fourth-order valence-corrected chi connectivity index (χ4v) is 2.51. The molecule has 98 valence electrons. The molecule has 3 rings (SSSR count). The second kappa shape index (κ2) is 4.15. The first-order valence-corrected chi connectivity index (χ1v) is 5.93. The Morgan fingerprint density at radius 3 is 2.53 bits per heavy atom. The van der Waals surface area contributed by atoms with Crippen LogP contribution in [-0.2, 0) is 12.8 Å². The van der Waals surface area contributed by atoms with Crippen LogP contribution in [0.1, 0.15) is 28.2 Å². The third kappa shape index (κ3) is 1.89. The normalized spacial score (nSPS) is 13.6. The standard InChI is InChI=1S/C13H11F2N3O/c14-7-4-8(15)6-9(5-7)18-11-3-1-2-10(11)12(17-18)13(16)19/h4-6H,1-3H2,(H2,16,19). The number of nitrogens with two attached hydrogens (primary N) is 1. The molecule has 0 aliphatic heterocycles. The second-order valence-electron chi connectivity index (χ2n) is 4.53. The maximum atomic E-state index is 13.3. The summed E-state index contributed by atoms with van der Waals surface area (Å²) in [7, 11) is 0. The van der Waals surface area contributed by atoms with E-state index in [1.807, 2.05) is 0 Å². The van der Waals surface area contributed by atoms with Crippen LogP contribution >= 0.6 is 0 Å². The maximum Gasteiger partial charge on any atom is 0.269 e. The van der Waals surface area contributed by atoms with Gasteiger partial charge in [-0.2, -0.15) is 5.10 Å². The van der Waals surface area contributed by atoms with Crippen LogP contribution in [0.3, 0.4) is 0 Å². The molecule has 1 heterocycles. The Bertz CT molecular complexity index is 659. The largest absolute Gasteiger partial charge is 0.364 e. The van der Waals surface area contributed by atoms with Gasteiger partial charge in [0.25, 0.3) is 5.91 Å². The zero-order chi connectivity index (χ0) is 13.6. The van der Waals surface area contributed by atoms with E-state index in [-0.39, 0.29) is 11.4 Å². The zero-order valence-corrected chi connectivity index (χ0v) is 9.99. The first-order chi connectivity index (χ1) is 9.06. The van der Waals surface area contributed by atoms with Gasteiger partial charge in [0.1, 0.15) is 11.6 Å². The SMILES string of the molecule is NC(=O)c1nn(-c2cc(F)cc(F)c2)c2c1CCC2. The van der Waals surface area contributed by atoms with Gasteiger partial charge in [-0.1, -0.05) is 0 Å². The van der Waals surface area contributed by atoms with E-state index in [9.17, 15) is 13.6 Å². The Balaban J connectivity index is 2.20. The summed E-state index contributed by atoms with van der Waals surface area (Å²) >= 11 is 0. The molecule has 1 amide bonds. The van der Waals surface area contributed by atoms with E-state index in [4.69, 9.17) is 5.73 Å². The fraction of sp³-hybridized carbons (Fsp3) is 0.231. The molecule has 2 aromatic rings. The molecule has 1 aromatic heterocycles. The smallest absolute Gasteiger partial charge is 0.269 e. The van der Waals surface area contributed by atoms with Crippen LogP contribution < -0.4 is 5.73 Å². The molecule has 4 nitrogen and oxygen atoms in total. The number of fused-ring (bicyclic) bond motifs is 1. The number of amides is 1. The highest BCUT2D eigenvalue weighted by Crippen LogP contribution is 2.28. The van der Waals surface area contributed by atoms with Crippen LogP contribution in [0.25, 0.3) is 5.69 Å². The number of benzene rings is 1. The lowest BCUT2D eigenvalue weighted by Crippen LogP contribution is -2.14.